The van der Waals surface area contributed by atoms with Crippen LogP contribution in [0.2, 0.25) is 0 Å². The number of carbonyl (C=O) groups excluding carboxylic acids is 1. The highest BCUT2D eigenvalue weighted by atomic mass is 16.5. The molecule has 1 aliphatic heterocycles. The first-order chi connectivity index (χ1) is 16.0. The molecule has 0 radical (unpaired) electrons. The minimum atomic E-state index is 0.0469. The minimum absolute atomic E-state index is 0.0469. The third kappa shape index (κ3) is 4.11. The van der Waals surface area contributed by atoms with E-state index in [1.54, 1.807) is 0 Å². The normalized spacial score (nSPS) is 16.0. The largest absolute Gasteiger partial charge is 0.491 e. The average Bonchev–Trinajstić information content (AvgIpc) is 3.36. The second kappa shape index (κ2) is 8.74. The smallest absolute Gasteiger partial charge is 0.227 e. The van der Waals surface area contributed by atoms with Gasteiger partial charge in [-0.05, 0) is 61.7 Å². The van der Waals surface area contributed by atoms with E-state index in [4.69, 9.17) is 9.72 Å². The van der Waals surface area contributed by atoms with E-state index in [0.29, 0.717) is 26.1 Å². The quantitative estimate of drug-likeness (QED) is 0.395. The van der Waals surface area contributed by atoms with E-state index in [9.17, 15) is 4.79 Å². The first-order valence-corrected chi connectivity index (χ1v) is 11.5. The summed E-state index contributed by atoms with van der Waals surface area (Å²) in [6.07, 6.45) is 0.467. The maximum absolute atomic E-state index is 12.9. The first-order valence-electron chi connectivity index (χ1n) is 11.5. The number of fused-ring (bicyclic) bond motifs is 1. The van der Waals surface area contributed by atoms with Gasteiger partial charge in [0.15, 0.2) is 0 Å². The van der Waals surface area contributed by atoms with Gasteiger partial charge in [-0.3, -0.25) is 4.79 Å². The van der Waals surface area contributed by atoms with Gasteiger partial charge in [-0.2, -0.15) is 0 Å². The fourth-order valence-electron chi connectivity index (χ4n) is 4.83. The molecule has 3 aromatic carbocycles. The Kier molecular flexibility index (Phi) is 5.63. The summed E-state index contributed by atoms with van der Waals surface area (Å²) in [5.41, 5.74) is 6.44. The molecule has 168 valence electrons. The molecule has 1 fully saturated rings. The van der Waals surface area contributed by atoms with Crippen molar-refractivity contribution in [1.82, 2.24) is 9.55 Å². The number of amides is 1. The van der Waals surface area contributed by atoms with Crippen LogP contribution < -0.4 is 9.64 Å². The Morgan fingerprint density at radius 2 is 1.73 bits per heavy atom. The molecule has 0 bridgehead atoms. The van der Waals surface area contributed by atoms with Crippen LogP contribution >= 0.6 is 0 Å². The zero-order valence-corrected chi connectivity index (χ0v) is 19.4. The number of benzene rings is 3. The number of imidazole rings is 1. The van der Waals surface area contributed by atoms with Crippen LogP contribution in [-0.4, -0.2) is 28.6 Å². The third-order valence-corrected chi connectivity index (χ3v) is 6.46. The Labute approximate surface area is 194 Å². The summed E-state index contributed by atoms with van der Waals surface area (Å²) in [6, 6.07) is 22.5. The Morgan fingerprint density at radius 3 is 2.52 bits per heavy atom. The average molecular weight is 440 g/mol. The lowest BCUT2D eigenvalue weighted by Gasteiger charge is -2.18. The van der Waals surface area contributed by atoms with Crippen LogP contribution in [0.15, 0.2) is 66.7 Å². The maximum Gasteiger partial charge on any atom is 0.227 e. The van der Waals surface area contributed by atoms with E-state index in [0.717, 1.165) is 45.0 Å². The van der Waals surface area contributed by atoms with Crippen molar-refractivity contribution in [2.24, 2.45) is 0 Å². The van der Waals surface area contributed by atoms with Gasteiger partial charge >= 0.3 is 0 Å². The van der Waals surface area contributed by atoms with Crippen molar-refractivity contribution in [3.63, 3.8) is 0 Å². The standard InChI is InChI=1S/C28H29N3O2/c1-19-8-6-11-23(16-19)31-18-22(17-26(31)32)28-29-24-12-4-5-13-25(24)30(28)14-15-33-27-20(2)9-7-10-21(27)3/h4-13,16,22H,14-15,17-18H2,1-3H3/t22-/m0/s1. The Balaban J connectivity index is 1.42. The topological polar surface area (TPSA) is 47.4 Å². The summed E-state index contributed by atoms with van der Waals surface area (Å²) in [6.45, 7) is 8.06. The highest BCUT2D eigenvalue weighted by Crippen LogP contribution is 2.33. The predicted molar refractivity (Wildman–Crippen MR) is 132 cm³/mol. The van der Waals surface area contributed by atoms with Gasteiger partial charge in [-0.15, -0.1) is 0 Å². The lowest BCUT2D eigenvalue weighted by Crippen LogP contribution is -2.24. The van der Waals surface area contributed by atoms with E-state index in [1.807, 2.05) is 35.2 Å². The number of rotatable bonds is 6. The van der Waals surface area contributed by atoms with Crippen LogP contribution in [-0.2, 0) is 11.3 Å². The van der Waals surface area contributed by atoms with Crippen LogP contribution in [0.1, 0.15) is 34.9 Å². The molecule has 1 aliphatic rings. The Hall–Kier alpha value is -3.60. The van der Waals surface area contributed by atoms with Crippen molar-refractivity contribution in [3.05, 3.63) is 89.2 Å². The summed E-state index contributed by atoms with van der Waals surface area (Å²) in [5.74, 6) is 2.11. The SMILES string of the molecule is Cc1cccc(N2C[C@@H](c3nc4ccccc4n3CCOc3c(C)cccc3C)CC2=O)c1. The number of aryl methyl sites for hydroxylation is 3. The molecule has 5 rings (SSSR count). The van der Waals surface area contributed by atoms with Gasteiger partial charge in [0, 0.05) is 24.6 Å². The van der Waals surface area contributed by atoms with Crippen molar-refractivity contribution in [2.75, 3.05) is 18.1 Å². The molecule has 0 unspecified atom stereocenters. The molecule has 33 heavy (non-hydrogen) atoms. The van der Waals surface area contributed by atoms with Gasteiger partial charge in [0.05, 0.1) is 17.6 Å². The van der Waals surface area contributed by atoms with Crippen molar-refractivity contribution in [3.8, 4) is 5.75 Å². The Bertz CT molecular complexity index is 1300. The highest BCUT2D eigenvalue weighted by molar-refractivity contribution is 5.96. The second-order valence-electron chi connectivity index (χ2n) is 8.92. The van der Waals surface area contributed by atoms with Gasteiger partial charge in [0.25, 0.3) is 0 Å². The fourth-order valence-corrected chi connectivity index (χ4v) is 4.83. The van der Waals surface area contributed by atoms with Crippen molar-refractivity contribution in [1.29, 1.82) is 0 Å². The molecule has 2 heterocycles. The molecule has 1 amide bonds. The lowest BCUT2D eigenvalue weighted by atomic mass is 10.1. The van der Waals surface area contributed by atoms with Gasteiger partial charge in [0.1, 0.15) is 18.2 Å². The summed E-state index contributed by atoms with van der Waals surface area (Å²) >= 11 is 0. The van der Waals surface area contributed by atoms with Crippen LogP contribution in [0, 0.1) is 20.8 Å². The minimum Gasteiger partial charge on any atom is -0.491 e. The fraction of sp³-hybridized carbons (Fsp3) is 0.286. The van der Waals surface area contributed by atoms with E-state index in [2.05, 4.69) is 61.7 Å². The lowest BCUT2D eigenvalue weighted by molar-refractivity contribution is -0.117. The van der Waals surface area contributed by atoms with Crippen LogP contribution in [0.25, 0.3) is 11.0 Å². The first kappa shape index (κ1) is 21.3. The van der Waals surface area contributed by atoms with Gasteiger partial charge in [-0.25, -0.2) is 4.98 Å². The molecular formula is C28H29N3O2. The number of hydrogen-bond acceptors (Lipinski definition) is 3. The molecule has 1 aromatic heterocycles. The molecule has 0 spiro atoms. The molecule has 5 heteroatoms. The third-order valence-electron chi connectivity index (χ3n) is 6.46. The van der Waals surface area contributed by atoms with Crippen molar-refractivity contribution >= 4 is 22.6 Å². The zero-order valence-electron chi connectivity index (χ0n) is 19.4. The number of aromatic nitrogens is 2. The van der Waals surface area contributed by atoms with Gasteiger partial charge < -0.3 is 14.2 Å². The van der Waals surface area contributed by atoms with Crippen LogP contribution in [0.3, 0.4) is 0 Å². The highest BCUT2D eigenvalue weighted by Gasteiger charge is 2.34. The number of para-hydroxylation sites is 3. The Morgan fingerprint density at radius 1 is 0.970 bits per heavy atom. The molecule has 5 nitrogen and oxygen atoms in total. The molecule has 1 atom stereocenters. The van der Waals surface area contributed by atoms with Gasteiger partial charge in [-0.1, -0.05) is 42.5 Å². The molecule has 4 aromatic rings. The number of ether oxygens (including phenoxy) is 1. The van der Waals surface area contributed by atoms with E-state index in [-0.39, 0.29) is 11.8 Å². The summed E-state index contributed by atoms with van der Waals surface area (Å²) in [4.78, 5) is 19.8. The summed E-state index contributed by atoms with van der Waals surface area (Å²) in [7, 11) is 0. The van der Waals surface area contributed by atoms with Gasteiger partial charge in [0.2, 0.25) is 5.91 Å². The molecule has 0 N–H and O–H groups in total. The van der Waals surface area contributed by atoms with E-state index in [1.165, 1.54) is 0 Å². The number of anilines is 1. The second-order valence-corrected chi connectivity index (χ2v) is 8.92. The zero-order chi connectivity index (χ0) is 22.9. The number of hydrogen-bond donors (Lipinski definition) is 0. The van der Waals surface area contributed by atoms with Crippen LogP contribution in [0.4, 0.5) is 5.69 Å². The van der Waals surface area contributed by atoms with Crippen molar-refractivity contribution in [2.45, 2.75) is 39.7 Å². The summed E-state index contributed by atoms with van der Waals surface area (Å²) in [5, 5.41) is 0. The number of carbonyl (C=O) groups is 1. The monoisotopic (exact) mass is 439 g/mol. The van der Waals surface area contributed by atoms with E-state index < -0.39 is 0 Å². The number of nitrogens with zero attached hydrogens (tertiary/aromatic N) is 3. The van der Waals surface area contributed by atoms with E-state index >= 15 is 0 Å². The summed E-state index contributed by atoms with van der Waals surface area (Å²) < 4.78 is 8.44. The molecule has 0 saturated carbocycles. The van der Waals surface area contributed by atoms with Crippen LogP contribution in [0.5, 0.6) is 5.75 Å². The maximum atomic E-state index is 12.9. The molecule has 0 aliphatic carbocycles. The predicted octanol–water partition coefficient (Wildman–Crippen LogP) is 5.56. The molecule has 1 saturated heterocycles. The van der Waals surface area contributed by atoms with Crippen molar-refractivity contribution < 1.29 is 9.53 Å². The molecular weight excluding hydrogens is 410 g/mol.